The van der Waals surface area contributed by atoms with Crippen molar-refractivity contribution >= 4 is 28.9 Å². The van der Waals surface area contributed by atoms with Gasteiger partial charge >= 0.3 is 11.8 Å². The van der Waals surface area contributed by atoms with Crippen LogP contribution >= 0.6 is 0 Å². The Morgan fingerprint density at radius 3 is 2.42 bits per heavy atom. The van der Waals surface area contributed by atoms with Crippen LogP contribution in [-0.4, -0.2) is 38.7 Å². The number of imide groups is 1. The fraction of sp³-hybridized carbons (Fsp3) is 0.583. The maximum Gasteiger partial charge on any atom is 0.407 e. The molecule has 1 aliphatic carbocycles. The van der Waals surface area contributed by atoms with E-state index >= 15 is 0 Å². The van der Waals surface area contributed by atoms with E-state index in [9.17, 15) is 19.2 Å². The fourth-order valence-electron chi connectivity index (χ4n) is 5.05. The largest absolute Gasteiger partial charge is 0.444 e. The molecule has 9 heteroatoms. The van der Waals surface area contributed by atoms with Crippen molar-refractivity contribution in [3.8, 4) is 0 Å². The van der Waals surface area contributed by atoms with E-state index < -0.39 is 23.6 Å². The van der Waals surface area contributed by atoms with E-state index in [1.54, 1.807) is 11.6 Å². The van der Waals surface area contributed by atoms with Gasteiger partial charge in [0.15, 0.2) is 0 Å². The maximum absolute atomic E-state index is 13.1. The zero-order valence-corrected chi connectivity index (χ0v) is 19.6. The molecule has 1 aromatic heterocycles. The first kappa shape index (κ1) is 23.1. The molecule has 1 atom stereocenters. The number of piperidine rings is 1. The summed E-state index contributed by atoms with van der Waals surface area (Å²) in [5.74, 6) is -0.490. The molecule has 1 saturated carbocycles. The summed E-state index contributed by atoms with van der Waals surface area (Å²) in [5, 5.41) is 5.32. The van der Waals surface area contributed by atoms with Crippen LogP contribution in [-0.2, 0) is 21.4 Å². The SMILES string of the molecule is Cn1c(=O)n(C2CCC(=O)NC2=O)c2cccc(C3CCC(NC(=O)OC(C)(C)C)CC3)c21. The van der Waals surface area contributed by atoms with Gasteiger partial charge in [0.05, 0.1) is 11.0 Å². The fourth-order valence-corrected chi connectivity index (χ4v) is 5.05. The van der Waals surface area contributed by atoms with Gasteiger partial charge in [-0.25, -0.2) is 9.59 Å². The number of nitrogens with zero attached hydrogens (tertiary/aromatic N) is 2. The highest BCUT2D eigenvalue weighted by Gasteiger charge is 2.33. The number of ether oxygens (including phenoxy) is 1. The third-order valence-corrected chi connectivity index (χ3v) is 6.54. The zero-order valence-electron chi connectivity index (χ0n) is 19.6. The molecule has 4 rings (SSSR count). The average Bonchev–Trinajstić information content (AvgIpc) is 2.98. The lowest BCUT2D eigenvalue weighted by Crippen LogP contribution is -2.44. The van der Waals surface area contributed by atoms with Gasteiger partial charge in [-0.1, -0.05) is 12.1 Å². The quantitative estimate of drug-likeness (QED) is 0.690. The number of aryl methyl sites for hydroxylation is 1. The van der Waals surface area contributed by atoms with Crippen LogP contribution in [0.2, 0.25) is 0 Å². The van der Waals surface area contributed by atoms with Crippen LogP contribution in [0.25, 0.3) is 11.0 Å². The molecule has 0 radical (unpaired) electrons. The number of carbonyl (C=O) groups excluding carboxylic acids is 3. The second kappa shape index (κ2) is 8.68. The topological polar surface area (TPSA) is 111 Å². The molecule has 2 fully saturated rings. The number of carbonyl (C=O) groups is 3. The third-order valence-electron chi connectivity index (χ3n) is 6.54. The molecule has 0 bridgehead atoms. The molecule has 2 N–H and O–H groups in total. The lowest BCUT2D eigenvalue weighted by molar-refractivity contribution is -0.135. The Morgan fingerprint density at radius 2 is 1.79 bits per heavy atom. The van der Waals surface area contributed by atoms with E-state index in [0.29, 0.717) is 11.9 Å². The second-order valence-corrected chi connectivity index (χ2v) is 10.1. The summed E-state index contributed by atoms with van der Waals surface area (Å²) in [6, 6.07) is 5.20. The Hall–Kier alpha value is -3.10. The van der Waals surface area contributed by atoms with Gasteiger partial charge in [-0.3, -0.25) is 24.0 Å². The number of hydrogen-bond acceptors (Lipinski definition) is 5. The lowest BCUT2D eigenvalue weighted by atomic mass is 9.81. The Kier molecular flexibility index (Phi) is 6.07. The number of amides is 3. The van der Waals surface area contributed by atoms with E-state index in [-0.39, 0.29) is 30.0 Å². The number of para-hydroxylation sites is 1. The summed E-state index contributed by atoms with van der Waals surface area (Å²) in [6.45, 7) is 5.53. The van der Waals surface area contributed by atoms with Crippen molar-refractivity contribution in [2.75, 3.05) is 0 Å². The number of fused-ring (bicyclic) bond motifs is 1. The van der Waals surface area contributed by atoms with Crippen molar-refractivity contribution in [3.63, 3.8) is 0 Å². The molecule has 178 valence electrons. The van der Waals surface area contributed by atoms with Crippen molar-refractivity contribution in [1.29, 1.82) is 0 Å². The predicted molar refractivity (Wildman–Crippen MR) is 123 cm³/mol. The van der Waals surface area contributed by atoms with Crippen molar-refractivity contribution in [2.45, 2.75) is 82.9 Å². The number of hydrogen-bond donors (Lipinski definition) is 2. The molecule has 1 unspecified atom stereocenters. The van der Waals surface area contributed by atoms with Crippen LogP contribution in [0.3, 0.4) is 0 Å². The van der Waals surface area contributed by atoms with E-state index in [4.69, 9.17) is 4.74 Å². The molecular weight excluding hydrogens is 424 g/mol. The maximum atomic E-state index is 13.1. The van der Waals surface area contributed by atoms with E-state index in [1.165, 1.54) is 4.57 Å². The van der Waals surface area contributed by atoms with Crippen molar-refractivity contribution in [1.82, 2.24) is 19.8 Å². The minimum atomic E-state index is -0.692. The molecule has 9 nitrogen and oxygen atoms in total. The number of rotatable bonds is 3. The van der Waals surface area contributed by atoms with Crippen molar-refractivity contribution < 1.29 is 19.1 Å². The Balaban J connectivity index is 1.55. The molecule has 1 aliphatic heterocycles. The van der Waals surface area contributed by atoms with Crippen LogP contribution in [0.15, 0.2) is 23.0 Å². The molecule has 1 saturated heterocycles. The molecule has 2 heterocycles. The van der Waals surface area contributed by atoms with Gasteiger partial charge in [-0.15, -0.1) is 0 Å². The molecule has 3 amide bonds. The van der Waals surface area contributed by atoms with E-state index in [2.05, 4.69) is 10.6 Å². The monoisotopic (exact) mass is 456 g/mol. The molecule has 1 aromatic carbocycles. The summed E-state index contributed by atoms with van der Waals surface area (Å²) in [4.78, 5) is 49.3. The lowest BCUT2D eigenvalue weighted by Gasteiger charge is -2.30. The summed E-state index contributed by atoms with van der Waals surface area (Å²) >= 11 is 0. The van der Waals surface area contributed by atoms with Crippen LogP contribution in [0, 0.1) is 0 Å². The zero-order chi connectivity index (χ0) is 23.9. The van der Waals surface area contributed by atoms with Crippen LogP contribution in [0.5, 0.6) is 0 Å². The Morgan fingerprint density at radius 1 is 1.09 bits per heavy atom. The molecule has 0 spiro atoms. The highest BCUT2D eigenvalue weighted by atomic mass is 16.6. The first-order valence-corrected chi connectivity index (χ1v) is 11.6. The third kappa shape index (κ3) is 4.67. The van der Waals surface area contributed by atoms with Crippen molar-refractivity contribution in [3.05, 3.63) is 34.2 Å². The van der Waals surface area contributed by atoms with Crippen LogP contribution in [0.1, 0.15) is 76.8 Å². The molecule has 33 heavy (non-hydrogen) atoms. The second-order valence-electron chi connectivity index (χ2n) is 10.1. The van der Waals surface area contributed by atoms with Gasteiger partial charge in [0.25, 0.3) is 0 Å². The number of nitrogens with one attached hydrogen (secondary N) is 2. The number of imidazole rings is 1. The number of alkyl carbamates (subject to hydrolysis) is 1. The average molecular weight is 457 g/mol. The number of benzene rings is 1. The first-order chi connectivity index (χ1) is 15.5. The van der Waals surface area contributed by atoms with Gasteiger partial charge in [-0.2, -0.15) is 0 Å². The van der Waals surface area contributed by atoms with E-state index in [1.807, 2.05) is 39.0 Å². The standard InChI is InChI=1S/C24H32N4O5/c1-24(2,3)33-22(31)25-15-10-8-14(9-11-15)16-6-5-7-17-20(16)27(4)23(32)28(17)18-12-13-19(29)26-21(18)30/h5-7,14-15,18H,8-13H2,1-4H3,(H,25,31)(H,26,29,30). The highest BCUT2D eigenvalue weighted by molar-refractivity contribution is 6.00. The summed E-state index contributed by atoms with van der Waals surface area (Å²) in [7, 11) is 1.73. The van der Waals surface area contributed by atoms with Crippen LogP contribution < -0.4 is 16.3 Å². The van der Waals surface area contributed by atoms with Crippen molar-refractivity contribution in [2.24, 2.45) is 7.05 Å². The summed E-state index contributed by atoms with van der Waals surface area (Å²) in [5.41, 5.74) is 1.83. The summed E-state index contributed by atoms with van der Waals surface area (Å²) in [6.07, 6.45) is 3.53. The Labute approximate surface area is 192 Å². The van der Waals surface area contributed by atoms with Gasteiger partial charge < -0.3 is 10.1 Å². The van der Waals surface area contributed by atoms with Gasteiger partial charge in [0.2, 0.25) is 11.8 Å². The minimum Gasteiger partial charge on any atom is -0.444 e. The molecule has 2 aromatic rings. The molecule has 2 aliphatic rings. The predicted octanol–water partition coefficient (Wildman–Crippen LogP) is 2.87. The van der Waals surface area contributed by atoms with Crippen LogP contribution in [0.4, 0.5) is 4.79 Å². The molecular formula is C24H32N4O5. The minimum absolute atomic E-state index is 0.0622. The first-order valence-electron chi connectivity index (χ1n) is 11.6. The summed E-state index contributed by atoms with van der Waals surface area (Å²) < 4.78 is 8.50. The normalized spacial score (nSPS) is 23.9. The Bertz CT molecular complexity index is 1150. The smallest absolute Gasteiger partial charge is 0.407 e. The van der Waals surface area contributed by atoms with Gasteiger partial charge in [-0.05, 0) is 70.4 Å². The highest BCUT2D eigenvalue weighted by Crippen LogP contribution is 2.37. The number of aromatic nitrogens is 2. The van der Waals surface area contributed by atoms with Gasteiger partial charge in [0, 0.05) is 19.5 Å². The van der Waals surface area contributed by atoms with Gasteiger partial charge in [0.1, 0.15) is 11.6 Å². The van der Waals surface area contributed by atoms with E-state index in [0.717, 1.165) is 36.8 Å².